The second-order valence-corrected chi connectivity index (χ2v) is 8.16. The van der Waals surface area contributed by atoms with E-state index in [-0.39, 0.29) is 6.42 Å². The van der Waals surface area contributed by atoms with E-state index in [1.807, 2.05) is 6.08 Å². The molecule has 0 bridgehead atoms. The molecule has 30 heavy (non-hydrogen) atoms. The largest absolute Gasteiger partial charge is 0.480 e. The van der Waals surface area contributed by atoms with E-state index in [0.29, 0.717) is 0 Å². The maximum absolute atomic E-state index is 11.3. The molecule has 5 N–H and O–H groups in total. The van der Waals surface area contributed by atoms with Crippen LogP contribution in [-0.2, 0) is 14.3 Å². The minimum atomic E-state index is -2.19. The van der Waals surface area contributed by atoms with Gasteiger partial charge in [-0.05, 0) is 18.9 Å². The van der Waals surface area contributed by atoms with Gasteiger partial charge in [-0.25, -0.2) is 0 Å². The summed E-state index contributed by atoms with van der Waals surface area (Å²) in [5, 5.41) is 28.5. The number of carbonyl (C=O) groups is 2. The highest BCUT2D eigenvalue weighted by Gasteiger charge is 2.42. The van der Waals surface area contributed by atoms with Crippen LogP contribution in [-0.4, -0.2) is 51.6 Å². The smallest absolute Gasteiger partial charge is 0.328 e. The molecule has 0 rings (SSSR count). The molecule has 0 heterocycles. The molecule has 0 saturated carbocycles. The first-order valence-corrected chi connectivity index (χ1v) is 11.4. The van der Waals surface area contributed by atoms with Crippen molar-refractivity contribution in [3.8, 4) is 0 Å². The topological polar surface area (TPSA) is 130 Å². The van der Waals surface area contributed by atoms with Crippen molar-refractivity contribution < 1.29 is 29.6 Å². The van der Waals surface area contributed by atoms with Crippen LogP contribution < -0.4 is 5.73 Å². The van der Waals surface area contributed by atoms with E-state index in [4.69, 9.17) is 15.6 Å². The Bertz CT molecular complexity index is 496. The Morgan fingerprint density at radius 1 is 1.00 bits per heavy atom. The molecule has 0 radical (unpaired) electrons. The number of aliphatic carboxylic acids is 1. The van der Waals surface area contributed by atoms with Gasteiger partial charge in [0.15, 0.2) is 5.54 Å². The first kappa shape index (κ1) is 28.6. The summed E-state index contributed by atoms with van der Waals surface area (Å²) in [6.45, 7) is 2.56. The standard InChI is InChI=1S/C23H43NO6/c1-3-4-5-6-7-8-9-10-11-12-13-14-15-16-20(30-19(2)26)17-21(27)23(24,18-25)22(28)29/h15-16,20-21,25,27H,3-14,17-18,24H2,1-2H3,(H,28,29)/b16-15+. The van der Waals surface area contributed by atoms with E-state index in [2.05, 4.69) is 6.92 Å². The van der Waals surface area contributed by atoms with Crippen molar-refractivity contribution in [1.29, 1.82) is 0 Å². The van der Waals surface area contributed by atoms with Crippen molar-refractivity contribution >= 4 is 11.9 Å². The Morgan fingerprint density at radius 2 is 1.50 bits per heavy atom. The van der Waals surface area contributed by atoms with Gasteiger partial charge in [-0.3, -0.25) is 9.59 Å². The van der Waals surface area contributed by atoms with Crippen LogP contribution in [0.4, 0.5) is 0 Å². The number of rotatable bonds is 19. The molecule has 0 aromatic heterocycles. The zero-order chi connectivity index (χ0) is 22.8. The summed E-state index contributed by atoms with van der Waals surface area (Å²) in [7, 11) is 0. The van der Waals surface area contributed by atoms with E-state index in [1.54, 1.807) is 6.08 Å². The van der Waals surface area contributed by atoms with Crippen molar-refractivity contribution in [2.24, 2.45) is 5.73 Å². The van der Waals surface area contributed by atoms with E-state index in [9.17, 15) is 19.8 Å². The lowest BCUT2D eigenvalue weighted by Gasteiger charge is -2.29. The molecule has 7 heteroatoms. The molecule has 0 spiro atoms. The summed E-state index contributed by atoms with van der Waals surface area (Å²) in [5.41, 5.74) is 3.38. The molecule has 7 nitrogen and oxygen atoms in total. The maximum atomic E-state index is 11.3. The Kier molecular flexibility index (Phi) is 16.4. The van der Waals surface area contributed by atoms with Gasteiger partial charge in [0.1, 0.15) is 6.10 Å². The zero-order valence-electron chi connectivity index (χ0n) is 18.9. The van der Waals surface area contributed by atoms with Gasteiger partial charge in [-0.2, -0.15) is 0 Å². The Morgan fingerprint density at radius 3 is 1.93 bits per heavy atom. The summed E-state index contributed by atoms with van der Waals surface area (Å²) in [6.07, 6.45) is 15.7. The fourth-order valence-electron chi connectivity index (χ4n) is 3.30. The number of nitrogens with two attached hydrogens (primary N) is 1. The molecule has 0 aromatic rings. The van der Waals surface area contributed by atoms with Gasteiger partial charge in [0.25, 0.3) is 0 Å². The van der Waals surface area contributed by atoms with E-state index in [1.165, 1.54) is 64.7 Å². The van der Waals surface area contributed by atoms with Gasteiger partial charge < -0.3 is 25.8 Å². The quantitative estimate of drug-likeness (QED) is 0.140. The van der Waals surface area contributed by atoms with Crippen LogP contribution in [0.3, 0.4) is 0 Å². The van der Waals surface area contributed by atoms with Crippen LogP contribution in [0.5, 0.6) is 0 Å². The average molecular weight is 430 g/mol. The first-order valence-electron chi connectivity index (χ1n) is 11.4. The Labute approximate surface area is 181 Å². The number of carbonyl (C=O) groups excluding carboxylic acids is 1. The number of hydrogen-bond donors (Lipinski definition) is 4. The highest BCUT2D eigenvalue weighted by molar-refractivity contribution is 5.79. The molecule has 0 fully saturated rings. The van der Waals surface area contributed by atoms with Crippen LogP contribution in [0, 0.1) is 0 Å². The highest BCUT2D eigenvalue weighted by Crippen LogP contribution is 2.17. The number of esters is 1. The number of ether oxygens (including phenoxy) is 1. The molecule has 0 amide bonds. The minimum Gasteiger partial charge on any atom is -0.480 e. The number of aliphatic hydroxyl groups excluding tert-OH is 2. The van der Waals surface area contributed by atoms with Crippen molar-refractivity contribution in [3.05, 3.63) is 12.2 Å². The zero-order valence-corrected chi connectivity index (χ0v) is 18.9. The minimum absolute atomic E-state index is 0.197. The number of hydrogen-bond acceptors (Lipinski definition) is 6. The third kappa shape index (κ3) is 13.0. The summed E-state index contributed by atoms with van der Waals surface area (Å²) in [4.78, 5) is 22.5. The SMILES string of the molecule is CCCCCCCCCCCCC/C=C/C(CC(O)C(N)(CO)C(=O)O)OC(C)=O. The third-order valence-corrected chi connectivity index (χ3v) is 5.35. The summed E-state index contributed by atoms with van der Waals surface area (Å²) in [5.74, 6) is -2.04. The predicted molar refractivity (Wildman–Crippen MR) is 118 cm³/mol. The monoisotopic (exact) mass is 429 g/mol. The molecule has 0 aliphatic carbocycles. The van der Waals surface area contributed by atoms with Gasteiger partial charge in [0.2, 0.25) is 0 Å². The van der Waals surface area contributed by atoms with Gasteiger partial charge >= 0.3 is 11.9 Å². The molecule has 0 aliphatic rings. The van der Waals surface area contributed by atoms with Crippen LogP contribution in [0.25, 0.3) is 0 Å². The molecule has 0 aliphatic heterocycles. The first-order chi connectivity index (χ1) is 14.3. The molecule has 0 saturated heterocycles. The fourth-order valence-corrected chi connectivity index (χ4v) is 3.30. The van der Waals surface area contributed by atoms with Crippen molar-refractivity contribution in [2.45, 2.75) is 115 Å². The van der Waals surface area contributed by atoms with E-state index >= 15 is 0 Å². The molecule has 3 atom stereocenters. The van der Waals surface area contributed by atoms with Gasteiger partial charge in [-0.15, -0.1) is 0 Å². The van der Waals surface area contributed by atoms with Crippen molar-refractivity contribution in [2.75, 3.05) is 6.61 Å². The van der Waals surface area contributed by atoms with Crippen LogP contribution in [0.2, 0.25) is 0 Å². The summed E-state index contributed by atoms with van der Waals surface area (Å²) in [6, 6.07) is 0. The van der Waals surface area contributed by atoms with Gasteiger partial charge in [0.05, 0.1) is 12.7 Å². The van der Waals surface area contributed by atoms with Crippen LogP contribution in [0.1, 0.15) is 97.3 Å². The van der Waals surface area contributed by atoms with Crippen molar-refractivity contribution in [3.63, 3.8) is 0 Å². The van der Waals surface area contributed by atoms with Gasteiger partial charge in [-0.1, -0.05) is 77.2 Å². The maximum Gasteiger partial charge on any atom is 0.328 e. The number of carboxylic acid groups (broad SMARTS) is 1. The average Bonchev–Trinajstić information content (AvgIpc) is 2.69. The van der Waals surface area contributed by atoms with Crippen molar-refractivity contribution in [1.82, 2.24) is 0 Å². The Balaban J connectivity index is 4.13. The van der Waals surface area contributed by atoms with Crippen LogP contribution in [0.15, 0.2) is 12.2 Å². The molecule has 176 valence electrons. The second-order valence-electron chi connectivity index (χ2n) is 8.16. The fraction of sp³-hybridized carbons (Fsp3) is 0.826. The lowest BCUT2D eigenvalue weighted by atomic mass is 9.90. The Hall–Kier alpha value is -1.44. The normalized spacial score (nSPS) is 15.6. The van der Waals surface area contributed by atoms with E-state index in [0.717, 1.165) is 19.3 Å². The predicted octanol–water partition coefficient (Wildman–Crippen LogP) is 3.70. The lowest BCUT2D eigenvalue weighted by molar-refractivity contribution is -0.152. The number of unbranched alkanes of at least 4 members (excludes halogenated alkanes) is 11. The number of aliphatic hydroxyl groups is 2. The third-order valence-electron chi connectivity index (χ3n) is 5.35. The molecular weight excluding hydrogens is 386 g/mol. The second kappa shape index (κ2) is 17.3. The lowest BCUT2D eigenvalue weighted by Crippen LogP contribution is -2.60. The van der Waals surface area contributed by atoms with E-state index < -0.39 is 36.3 Å². The number of allylic oxidation sites excluding steroid dienone is 1. The molecular formula is C23H43NO6. The molecule has 3 unspecified atom stereocenters. The number of carboxylic acids is 1. The summed E-state index contributed by atoms with van der Waals surface area (Å²) >= 11 is 0. The van der Waals surface area contributed by atoms with Gasteiger partial charge in [0, 0.05) is 13.3 Å². The summed E-state index contributed by atoms with van der Waals surface area (Å²) < 4.78 is 5.13. The molecule has 0 aromatic carbocycles. The van der Waals surface area contributed by atoms with Crippen LogP contribution >= 0.6 is 0 Å². The highest BCUT2D eigenvalue weighted by atomic mass is 16.5.